The van der Waals surface area contributed by atoms with E-state index in [1.807, 2.05) is 72.5 Å². The topological polar surface area (TPSA) is 46.4 Å². The first-order valence-corrected chi connectivity index (χ1v) is 7.31. The molecular weight excluding hydrogens is 288 g/mol. The van der Waals surface area contributed by atoms with Gasteiger partial charge in [-0.3, -0.25) is 10.1 Å². The van der Waals surface area contributed by atoms with Gasteiger partial charge in [0.1, 0.15) is 0 Å². The van der Waals surface area contributed by atoms with Crippen LogP contribution in [0.15, 0.2) is 78.9 Å². The number of hydrogen-bond donors (Lipinski definition) is 0. The molecule has 0 spiro atoms. The Morgan fingerprint density at radius 3 is 2.04 bits per heavy atom. The second kappa shape index (κ2) is 6.32. The lowest BCUT2D eigenvalue weighted by atomic mass is 10.1. The van der Waals surface area contributed by atoms with Crippen molar-refractivity contribution < 1.29 is 4.92 Å². The van der Waals surface area contributed by atoms with Gasteiger partial charge >= 0.3 is 0 Å². The molecule has 3 aromatic carbocycles. The van der Waals surface area contributed by atoms with Crippen LogP contribution in [0.2, 0.25) is 0 Å². The minimum Gasteiger partial charge on any atom is -0.310 e. The number of nitro benzene ring substituents is 1. The quantitative estimate of drug-likeness (QED) is 0.480. The maximum absolute atomic E-state index is 11.1. The number of para-hydroxylation sites is 1. The summed E-state index contributed by atoms with van der Waals surface area (Å²) < 4.78 is 0. The van der Waals surface area contributed by atoms with Crippen molar-refractivity contribution in [2.45, 2.75) is 6.92 Å². The summed E-state index contributed by atoms with van der Waals surface area (Å²) in [6, 6.07) is 24.6. The standard InChI is InChI=1S/C19H16N2O2/c1-15-10-12-17(13-11-15)20(16-6-3-2-4-7-16)18-8-5-9-19(14-18)21(22)23/h2-14H,1H3. The van der Waals surface area contributed by atoms with Gasteiger partial charge < -0.3 is 4.90 Å². The minimum atomic E-state index is -0.373. The van der Waals surface area contributed by atoms with Crippen molar-refractivity contribution in [3.8, 4) is 0 Å². The first-order chi connectivity index (χ1) is 11.1. The number of benzene rings is 3. The van der Waals surface area contributed by atoms with Crippen LogP contribution in [0.1, 0.15) is 5.56 Å². The highest BCUT2D eigenvalue weighted by Gasteiger charge is 2.15. The van der Waals surface area contributed by atoms with E-state index in [0.29, 0.717) is 0 Å². The maximum Gasteiger partial charge on any atom is 0.271 e. The third kappa shape index (κ3) is 3.21. The number of aryl methyl sites for hydroxylation is 1. The van der Waals surface area contributed by atoms with Crippen LogP contribution in [-0.4, -0.2) is 4.92 Å². The number of anilines is 3. The lowest BCUT2D eigenvalue weighted by Crippen LogP contribution is -2.10. The van der Waals surface area contributed by atoms with Crippen LogP contribution in [0.3, 0.4) is 0 Å². The first kappa shape index (κ1) is 14.8. The molecule has 114 valence electrons. The van der Waals surface area contributed by atoms with E-state index in [4.69, 9.17) is 0 Å². The summed E-state index contributed by atoms with van der Waals surface area (Å²) in [4.78, 5) is 12.7. The molecule has 4 nitrogen and oxygen atoms in total. The lowest BCUT2D eigenvalue weighted by molar-refractivity contribution is -0.384. The molecule has 0 aliphatic carbocycles. The predicted molar refractivity (Wildman–Crippen MR) is 92.5 cm³/mol. The largest absolute Gasteiger partial charge is 0.310 e. The Morgan fingerprint density at radius 1 is 0.783 bits per heavy atom. The van der Waals surface area contributed by atoms with E-state index in [-0.39, 0.29) is 10.6 Å². The van der Waals surface area contributed by atoms with Crippen LogP contribution in [0.25, 0.3) is 0 Å². The van der Waals surface area contributed by atoms with Gasteiger partial charge in [-0.05, 0) is 37.3 Å². The van der Waals surface area contributed by atoms with Crippen LogP contribution >= 0.6 is 0 Å². The molecule has 0 amide bonds. The van der Waals surface area contributed by atoms with Gasteiger partial charge in [-0.2, -0.15) is 0 Å². The fraction of sp³-hybridized carbons (Fsp3) is 0.0526. The Balaban J connectivity index is 2.14. The fourth-order valence-electron chi connectivity index (χ4n) is 2.46. The second-order valence-corrected chi connectivity index (χ2v) is 5.28. The smallest absolute Gasteiger partial charge is 0.271 e. The highest BCUT2D eigenvalue weighted by atomic mass is 16.6. The van der Waals surface area contributed by atoms with E-state index in [1.165, 1.54) is 11.6 Å². The van der Waals surface area contributed by atoms with Gasteiger partial charge in [0.25, 0.3) is 5.69 Å². The molecule has 0 aliphatic heterocycles. The Kier molecular flexibility index (Phi) is 4.06. The average Bonchev–Trinajstić information content (AvgIpc) is 2.58. The van der Waals surface area contributed by atoms with Crippen LogP contribution in [-0.2, 0) is 0 Å². The Morgan fingerprint density at radius 2 is 1.39 bits per heavy atom. The molecule has 0 fully saturated rings. The third-order valence-electron chi connectivity index (χ3n) is 3.61. The number of non-ortho nitro benzene ring substituents is 1. The van der Waals surface area contributed by atoms with Crippen molar-refractivity contribution in [2.24, 2.45) is 0 Å². The van der Waals surface area contributed by atoms with E-state index < -0.39 is 0 Å². The summed E-state index contributed by atoms with van der Waals surface area (Å²) in [5.74, 6) is 0. The Labute approximate surface area is 134 Å². The van der Waals surface area contributed by atoms with Crippen molar-refractivity contribution in [3.63, 3.8) is 0 Å². The lowest BCUT2D eigenvalue weighted by Gasteiger charge is -2.25. The van der Waals surface area contributed by atoms with E-state index >= 15 is 0 Å². The monoisotopic (exact) mass is 304 g/mol. The molecule has 0 aliphatic rings. The van der Waals surface area contributed by atoms with Crippen LogP contribution in [0.5, 0.6) is 0 Å². The predicted octanol–water partition coefficient (Wildman–Crippen LogP) is 5.37. The average molecular weight is 304 g/mol. The van der Waals surface area contributed by atoms with Gasteiger partial charge in [0, 0.05) is 23.5 Å². The molecule has 3 aromatic rings. The summed E-state index contributed by atoms with van der Waals surface area (Å²) >= 11 is 0. The van der Waals surface area contributed by atoms with Gasteiger partial charge in [-0.1, -0.05) is 42.0 Å². The molecule has 3 rings (SSSR count). The van der Waals surface area contributed by atoms with Crippen molar-refractivity contribution in [3.05, 3.63) is 94.5 Å². The third-order valence-corrected chi connectivity index (χ3v) is 3.61. The van der Waals surface area contributed by atoms with Crippen molar-refractivity contribution in [1.29, 1.82) is 0 Å². The molecular formula is C19H16N2O2. The zero-order valence-corrected chi connectivity index (χ0v) is 12.7. The minimum absolute atomic E-state index is 0.0792. The SMILES string of the molecule is Cc1ccc(N(c2ccccc2)c2cccc([N+](=O)[O-])c2)cc1. The van der Waals surface area contributed by atoms with E-state index in [1.54, 1.807) is 12.1 Å². The highest BCUT2D eigenvalue weighted by molar-refractivity contribution is 5.77. The van der Waals surface area contributed by atoms with Gasteiger partial charge in [-0.25, -0.2) is 0 Å². The molecule has 0 bridgehead atoms. The Hall–Kier alpha value is -3.14. The van der Waals surface area contributed by atoms with Crippen molar-refractivity contribution >= 4 is 22.7 Å². The first-order valence-electron chi connectivity index (χ1n) is 7.31. The van der Waals surface area contributed by atoms with Crippen molar-refractivity contribution in [2.75, 3.05) is 4.90 Å². The molecule has 0 unspecified atom stereocenters. The van der Waals surface area contributed by atoms with E-state index in [2.05, 4.69) is 0 Å². The van der Waals surface area contributed by atoms with Crippen LogP contribution < -0.4 is 4.90 Å². The molecule has 23 heavy (non-hydrogen) atoms. The molecule has 0 N–H and O–H groups in total. The zero-order chi connectivity index (χ0) is 16.2. The Bertz CT molecular complexity index is 814. The van der Waals surface area contributed by atoms with Gasteiger partial charge in [-0.15, -0.1) is 0 Å². The number of rotatable bonds is 4. The van der Waals surface area contributed by atoms with Gasteiger partial charge in [0.15, 0.2) is 0 Å². The number of hydrogen-bond acceptors (Lipinski definition) is 3. The molecule has 0 saturated carbocycles. The zero-order valence-electron chi connectivity index (χ0n) is 12.7. The summed E-state index contributed by atoms with van der Waals surface area (Å²) in [5.41, 5.74) is 3.92. The fourth-order valence-corrected chi connectivity index (χ4v) is 2.46. The van der Waals surface area contributed by atoms with Gasteiger partial charge in [0.05, 0.1) is 10.6 Å². The maximum atomic E-state index is 11.1. The number of nitrogens with zero attached hydrogens (tertiary/aromatic N) is 2. The molecule has 0 radical (unpaired) electrons. The summed E-state index contributed by atoms with van der Waals surface area (Å²) in [7, 11) is 0. The van der Waals surface area contributed by atoms with Crippen LogP contribution in [0, 0.1) is 17.0 Å². The summed E-state index contributed by atoms with van der Waals surface area (Å²) in [6.45, 7) is 2.03. The summed E-state index contributed by atoms with van der Waals surface area (Å²) in [5, 5.41) is 11.1. The highest BCUT2D eigenvalue weighted by Crippen LogP contribution is 2.35. The molecule has 4 heteroatoms. The number of nitro groups is 1. The van der Waals surface area contributed by atoms with Crippen LogP contribution in [0.4, 0.5) is 22.7 Å². The van der Waals surface area contributed by atoms with Gasteiger partial charge in [0.2, 0.25) is 0 Å². The molecule has 0 atom stereocenters. The van der Waals surface area contributed by atoms with E-state index in [0.717, 1.165) is 17.1 Å². The van der Waals surface area contributed by atoms with Crippen molar-refractivity contribution in [1.82, 2.24) is 0 Å². The normalized spacial score (nSPS) is 10.3. The van der Waals surface area contributed by atoms with E-state index in [9.17, 15) is 10.1 Å². The summed E-state index contributed by atoms with van der Waals surface area (Å²) in [6.07, 6.45) is 0. The second-order valence-electron chi connectivity index (χ2n) is 5.28. The molecule has 0 aromatic heterocycles. The molecule has 0 saturated heterocycles. The molecule has 0 heterocycles.